The van der Waals surface area contributed by atoms with E-state index in [4.69, 9.17) is 0 Å². The first-order chi connectivity index (χ1) is 8.91. The van der Waals surface area contributed by atoms with Gasteiger partial charge in [0.05, 0.1) is 0 Å². The Morgan fingerprint density at radius 1 is 0.737 bits per heavy atom. The Morgan fingerprint density at radius 3 is 1.42 bits per heavy atom. The highest BCUT2D eigenvalue weighted by Crippen LogP contribution is 2.51. The summed E-state index contributed by atoms with van der Waals surface area (Å²) in [6.07, 6.45) is 0. The van der Waals surface area contributed by atoms with Crippen LogP contribution in [0, 0.1) is 0 Å². The minimum absolute atomic E-state index is 0.813. The molecule has 2 heteroatoms. The lowest BCUT2D eigenvalue weighted by Gasteiger charge is -2.42. The van der Waals surface area contributed by atoms with Crippen molar-refractivity contribution in [3.8, 4) is 0 Å². The molecule has 0 unspecified atom stereocenters. The van der Waals surface area contributed by atoms with E-state index in [1.54, 1.807) is 0 Å². The van der Waals surface area contributed by atoms with Crippen LogP contribution in [0.5, 0.6) is 0 Å². The molecular formula is C17H32SSi. The van der Waals surface area contributed by atoms with Crippen LogP contribution < -0.4 is 0 Å². The Hall–Kier alpha value is -0.213. The predicted octanol–water partition coefficient (Wildman–Crippen LogP) is 6.98. The van der Waals surface area contributed by atoms with Gasteiger partial charge in [-0.3, -0.25) is 0 Å². The standard InChI is InChI=1S/C15H26SSi.C2H6/c1-12(2)17(13(3)4,14(5)6)16-15-10-8-7-9-11-15;1-2/h7-14H,1-6H3;1-2H3. The molecule has 0 saturated heterocycles. The van der Waals surface area contributed by atoms with E-state index < -0.39 is 7.22 Å². The topological polar surface area (TPSA) is 0 Å². The Labute approximate surface area is 126 Å². The Bertz CT molecular complexity index is 309. The molecule has 0 bridgehead atoms. The van der Waals surface area contributed by atoms with Crippen molar-refractivity contribution in [2.75, 3.05) is 0 Å². The van der Waals surface area contributed by atoms with E-state index in [0.29, 0.717) is 0 Å². The highest BCUT2D eigenvalue weighted by atomic mass is 32.4. The molecule has 0 aromatic heterocycles. The van der Waals surface area contributed by atoms with E-state index >= 15 is 0 Å². The van der Waals surface area contributed by atoms with Crippen LogP contribution in [-0.2, 0) is 0 Å². The van der Waals surface area contributed by atoms with Crippen molar-refractivity contribution in [2.45, 2.75) is 76.9 Å². The monoisotopic (exact) mass is 296 g/mol. The smallest absolute Gasteiger partial charge is 0.131 e. The van der Waals surface area contributed by atoms with Crippen LogP contribution in [0.2, 0.25) is 16.6 Å². The average Bonchev–Trinajstić information content (AvgIpc) is 2.38. The fourth-order valence-corrected chi connectivity index (χ4v) is 12.2. The summed E-state index contributed by atoms with van der Waals surface area (Å²) in [6, 6.07) is 10.9. The molecule has 0 atom stereocenters. The summed E-state index contributed by atoms with van der Waals surface area (Å²) in [7, 11) is -1.35. The predicted molar refractivity (Wildman–Crippen MR) is 94.7 cm³/mol. The molecular weight excluding hydrogens is 264 g/mol. The van der Waals surface area contributed by atoms with E-state index in [1.165, 1.54) is 4.90 Å². The van der Waals surface area contributed by atoms with Crippen LogP contribution in [-0.4, -0.2) is 7.22 Å². The summed E-state index contributed by atoms with van der Waals surface area (Å²) < 4.78 is 0. The van der Waals surface area contributed by atoms with Gasteiger partial charge in [-0.25, -0.2) is 0 Å². The summed E-state index contributed by atoms with van der Waals surface area (Å²) in [6.45, 7) is 18.5. The minimum atomic E-state index is -1.35. The first-order valence-corrected chi connectivity index (χ1v) is 11.4. The molecule has 19 heavy (non-hydrogen) atoms. The van der Waals surface area contributed by atoms with Crippen molar-refractivity contribution in [1.29, 1.82) is 0 Å². The Balaban J connectivity index is 0.00000154. The lowest BCUT2D eigenvalue weighted by Crippen LogP contribution is -2.40. The van der Waals surface area contributed by atoms with E-state index in [9.17, 15) is 0 Å². The molecule has 1 rings (SSSR count). The third-order valence-electron chi connectivity index (χ3n) is 3.74. The molecule has 0 nitrogen and oxygen atoms in total. The molecule has 0 spiro atoms. The zero-order valence-electron chi connectivity index (χ0n) is 14.0. The summed E-state index contributed by atoms with van der Waals surface area (Å²) in [5, 5.41) is 0. The Morgan fingerprint density at radius 2 is 1.11 bits per heavy atom. The fraction of sp³-hybridized carbons (Fsp3) is 0.647. The van der Waals surface area contributed by atoms with Gasteiger partial charge in [0.1, 0.15) is 7.22 Å². The molecule has 0 fully saturated rings. The molecule has 1 aromatic carbocycles. The molecule has 0 aliphatic heterocycles. The van der Waals surface area contributed by atoms with Crippen LogP contribution in [0.15, 0.2) is 35.2 Å². The number of hydrogen-bond donors (Lipinski definition) is 0. The van der Waals surface area contributed by atoms with Crippen molar-refractivity contribution in [3.05, 3.63) is 30.3 Å². The van der Waals surface area contributed by atoms with Crippen LogP contribution >= 0.6 is 11.2 Å². The second kappa shape index (κ2) is 8.86. The molecule has 0 saturated carbocycles. The summed E-state index contributed by atoms with van der Waals surface area (Å²) in [5.41, 5.74) is 2.44. The van der Waals surface area contributed by atoms with Crippen molar-refractivity contribution in [3.63, 3.8) is 0 Å². The van der Waals surface area contributed by atoms with Crippen LogP contribution in [0.4, 0.5) is 0 Å². The minimum Gasteiger partial charge on any atom is -0.150 e. The van der Waals surface area contributed by atoms with Crippen molar-refractivity contribution >= 4 is 18.4 Å². The first-order valence-electron chi connectivity index (χ1n) is 7.65. The second-order valence-electron chi connectivity index (χ2n) is 5.73. The van der Waals surface area contributed by atoms with Gasteiger partial charge in [0, 0.05) is 4.90 Å². The van der Waals surface area contributed by atoms with Gasteiger partial charge >= 0.3 is 0 Å². The average molecular weight is 297 g/mol. The lowest BCUT2D eigenvalue weighted by atomic mass is 10.4. The zero-order chi connectivity index (χ0) is 15.1. The van der Waals surface area contributed by atoms with Gasteiger partial charge in [-0.05, 0) is 28.8 Å². The fourth-order valence-electron chi connectivity index (χ4n) is 3.05. The second-order valence-corrected chi connectivity index (χ2v) is 14.3. The number of rotatable bonds is 5. The van der Waals surface area contributed by atoms with E-state index in [-0.39, 0.29) is 0 Å². The Kier molecular flexibility index (Phi) is 8.76. The zero-order valence-corrected chi connectivity index (χ0v) is 15.8. The maximum Gasteiger partial charge on any atom is 0.131 e. The molecule has 0 N–H and O–H groups in total. The van der Waals surface area contributed by atoms with Crippen molar-refractivity contribution < 1.29 is 0 Å². The first kappa shape index (κ1) is 18.8. The van der Waals surface area contributed by atoms with Crippen molar-refractivity contribution in [1.82, 2.24) is 0 Å². The normalized spacial score (nSPS) is 11.7. The van der Waals surface area contributed by atoms with Crippen LogP contribution in [0.3, 0.4) is 0 Å². The van der Waals surface area contributed by atoms with Crippen LogP contribution in [0.1, 0.15) is 55.4 Å². The number of hydrogen-bond acceptors (Lipinski definition) is 1. The molecule has 0 aliphatic carbocycles. The van der Waals surface area contributed by atoms with E-state index in [1.807, 2.05) is 13.8 Å². The molecule has 0 radical (unpaired) electrons. The molecule has 110 valence electrons. The van der Waals surface area contributed by atoms with Gasteiger partial charge in [-0.2, -0.15) is 11.2 Å². The summed E-state index contributed by atoms with van der Waals surface area (Å²) in [5.74, 6) is 0. The third-order valence-corrected chi connectivity index (χ3v) is 16.0. The van der Waals surface area contributed by atoms with E-state index in [0.717, 1.165) is 16.6 Å². The van der Waals surface area contributed by atoms with Gasteiger partial charge in [-0.1, -0.05) is 73.6 Å². The quantitative estimate of drug-likeness (QED) is 0.528. The highest BCUT2D eigenvalue weighted by molar-refractivity contribution is 8.29. The summed E-state index contributed by atoms with van der Waals surface area (Å²) >= 11 is 2.20. The lowest BCUT2D eigenvalue weighted by molar-refractivity contribution is 0.851. The largest absolute Gasteiger partial charge is 0.150 e. The van der Waals surface area contributed by atoms with Crippen LogP contribution in [0.25, 0.3) is 0 Å². The maximum atomic E-state index is 2.42. The molecule has 0 heterocycles. The number of benzene rings is 1. The molecule has 1 aromatic rings. The SMILES string of the molecule is CC.CC(C)[Si](Sc1ccccc1)(C(C)C)C(C)C. The van der Waals surface area contributed by atoms with Gasteiger partial charge < -0.3 is 0 Å². The van der Waals surface area contributed by atoms with E-state index in [2.05, 4.69) is 83.1 Å². The molecule has 0 aliphatic rings. The van der Waals surface area contributed by atoms with Gasteiger partial charge in [0.25, 0.3) is 0 Å². The molecule has 0 amide bonds. The maximum absolute atomic E-state index is 2.42. The third kappa shape index (κ3) is 4.68. The highest BCUT2D eigenvalue weighted by Gasteiger charge is 2.43. The van der Waals surface area contributed by atoms with Gasteiger partial charge in [0.2, 0.25) is 0 Å². The van der Waals surface area contributed by atoms with Gasteiger partial charge in [0.15, 0.2) is 0 Å². The van der Waals surface area contributed by atoms with Crippen molar-refractivity contribution in [2.24, 2.45) is 0 Å². The van der Waals surface area contributed by atoms with Gasteiger partial charge in [-0.15, -0.1) is 0 Å². The summed E-state index contributed by atoms with van der Waals surface area (Å²) in [4.78, 5) is 1.45.